The standard InChI is InChI=1S/C21H29N5/c1-17-7-8-21(24-23-17)25-13-9-19(10-14-25)20-6-2-3-12-26(20)16-18-5-4-11-22-15-18/h4-5,7-8,11,15,19-20H,2-3,6,9-10,12-14,16H2,1H3. The molecule has 0 bridgehead atoms. The Bertz CT molecular complexity index is 679. The van der Waals surface area contributed by atoms with Crippen molar-refractivity contribution in [1.82, 2.24) is 20.1 Å². The minimum atomic E-state index is 0.718. The van der Waals surface area contributed by atoms with Gasteiger partial charge in [0.15, 0.2) is 5.82 Å². The van der Waals surface area contributed by atoms with Gasteiger partial charge in [0.2, 0.25) is 0 Å². The molecule has 0 N–H and O–H groups in total. The van der Waals surface area contributed by atoms with Gasteiger partial charge < -0.3 is 4.90 Å². The minimum absolute atomic E-state index is 0.718. The van der Waals surface area contributed by atoms with E-state index in [1.165, 1.54) is 44.2 Å². The molecule has 1 atom stereocenters. The first-order chi connectivity index (χ1) is 12.8. The summed E-state index contributed by atoms with van der Waals surface area (Å²) in [4.78, 5) is 9.41. The normalized spacial score (nSPS) is 22.5. The molecule has 2 fully saturated rings. The molecule has 0 radical (unpaired) electrons. The molecule has 2 aliphatic rings. The van der Waals surface area contributed by atoms with Crippen molar-refractivity contribution < 1.29 is 0 Å². The number of anilines is 1. The van der Waals surface area contributed by atoms with Gasteiger partial charge >= 0.3 is 0 Å². The monoisotopic (exact) mass is 351 g/mol. The third kappa shape index (κ3) is 4.04. The van der Waals surface area contributed by atoms with Crippen molar-refractivity contribution in [3.05, 3.63) is 47.9 Å². The van der Waals surface area contributed by atoms with E-state index in [1.807, 2.05) is 19.3 Å². The Morgan fingerprint density at radius 2 is 1.88 bits per heavy atom. The van der Waals surface area contributed by atoms with E-state index in [9.17, 15) is 0 Å². The highest BCUT2D eigenvalue weighted by molar-refractivity contribution is 5.37. The van der Waals surface area contributed by atoms with E-state index in [2.05, 4.69) is 49.2 Å². The van der Waals surface area contributed by atoms with Crippen molar-refractivity contribution >= 4 is 5.82 Å². The second kappa shape index (κ2) is 8.12. The van der Waals surface area contributed by atoms with Crippen molar-refractivity contribution in [3.63, 3.8) is 0 Å². The van der Waals surface area contributed by atoms with Crippen LogP contribution in [0.3, 0.4) is 0 Å². The Hall–Kier alpha value is -2.01. The van der Waals surface area contributed by atoms with Gasteiger partial charge in [-0.25, -0.2) is 0 Å². The number of pyridine rings is 1. The molecular formula is C21H29N5. The average Bonchev–Trinajstić information content (AvgIpc) is 2.70. The predicted octanol–water partition coefficient (Wildman–Crippen LogP) is 3.45. The number of hydrogen-bond acceptors (Lipinski definition) is 5. The summed E-state index contributed by atoms with van der Waals surface area (Å²) in [6.07, 6.45) is 10.4. The fraction of sp³-hybridized carbons (Fsp3) is 0.571. The SMILES string of the molecule is Cc1ccc(N2CCC(C3CCCCN3Cc3cccnc3)CC2)nn1. The number of aryl methyl sites for hydroxylation is 1. The molecule has 0 aromatic carbocycles. The van der Waals surface area contributed by atoms with Gasteiger partial charge in [0.25, 0.3) is 0 Å². The zero-order valence-electron chi connectivity index (χ0n) is 15.7. The van der Waals surface area contributed by atoms with E-state index in [1.54, 1.807) is 0 Å². The molecule has 2 aliphatic heterocycles. The van der Waals surface area contributed by atoms with Crippen molar-refractivity contribution in [2.45, 2.75) is 51.6 Å². The van der Waals surface area contributed by atoms with Gasteiger partial charge in [-0.3, -0.25) is 9.88 Å². The summed E-state index contributed by atoms with van der Waals surface area (Å²) >= 11 is 0. The summed E-state index contributed by atoms with van der Waals surface area (Å²) in [6.45, 7) is 6.45. The maximum atomic E-state index is 4.37. The van der Waals surface area contributed by atoms with Gasteiger partial charge in [-0.1, -0.05) is 12.5 Å². The third-order valence-electron chi connectivity index (χ3n) is 5.96. The highest BCUT2D eigenvalue weighted by Crippen LogP contribution is 2.32. The molecule has 26 heavy (non-hydrogen) atoms. The molecule has 0 aliphatic carbocycles. The second-order valence-corrected chi connectivity index (χ2v) is 7.75. The lowest BCUT2D eigenvalue weighted by molar-refractivity contribution is 0.0805. The molecule has 4 heterocycles. The number of aromatic nitrogens is 3. The molecule has 2 saturated heterocycles. The Labute approximate surface area is 156 Å². The maximum absolute atomic E-state index is 4.37. The van der Waals surface area contributed by atoms with Crippen LogP contribution >= 0.6 is 0 Å². The Balaban J connectivity index is 1.38. The van der Waals surface area contributed by atoms with Crippen LogP contribution in [0.5, 0.6) is 0 Å². The highest BCUT2D eigenvalue weighted by atomic mass is 15.3. The number of nitrogens with zero attached hydrogens (tertiary/aromatic N) is 5. The number of likely N-dealkylation sites (tertiary alicyclic amines) is 1. The maximum Gasteiger partial charge on any atom is 0.151 e. The quantitative estimate of drug-likeness (QED) is 0.844. The van der Waals surface area contributed by atoms with E-state index >= 15 is 0 Å². The molecule has 2 aromatic rings. The molecule has 2 aromatic heterocycles. The van der Waals surface area contributed by atoms with E-state index in [0.29, 0.717) is 0 Å². The van der Waals surface area contributed by atoms with Crippen LogP contribution in [-0.4, -0.2) is 45.8 Å². The summed E-state index contributed by atoms with van der Waals surface area (Å²) in [5.74, 6) is 1.83. The molecule has 4 rings (SSSR count). The Morgan fingerprint density at radius 3 is 2.62 bits per heavy atom. The van der Waals surface area contributed by atoms with E-state index in [-0.39, 0.29) is 0 Å². The fourth-order valence-electron chi connectivity index (χ4n) is 4.55. The molecule has 0 spiro atoms. The van der Waals surface area contributed by atoms with Gasteiger partial charge in [0.1, 0.15) is 0 Å². The largest absolute Gasteiger partial charge is 0.355 e. The lowest BCUT2D eigenvalue weighted by atomic mass is 9.83. The van der Waals surface area contributed by atoms with Gasteiger partial charge in [0, 0.05) is 38.1 Å². The van der Waals surface area contributed by atoms with Crippen LogP contribution in [0.2, 0.25) is 0 Å². The summed E-state index contributed by atoms with van der Waals surface area (Å²) in [5, 5.41) is 8.59. The first kappa shape index (κ1) is 17.4. The number of hydrogen-bond donors (Lipinski definition) is 0. The van der Waals surface area contributed by atoms with Crippen molar-refractivity contribution in [2.75, 3.05) is 24.5 Å². The molecule has 0 amide bonds. The highest BCUT2D eigenvalue weighted by Gasteiger charge is 2.32. The third-order valence-corrected chi connectivity index (χ3v) is 5.96. The smallest absolute Gasteiger partial charge is 0.151 e. The van der Waals surface area contributed by atoms with Gasteiger partial charge in [-0.05, 0) is 68.8 Å². The lowest BCUT2D eigenvalue weighted by Gasteiger charge is -2.44. The summed E-state index contributed by atoms with van der Waals surface area (Å²) < 4.78 is 0. The van der Waals surface area contributed by atoms with Crippen molar-refractivity contribution in [2.24, 2.45) is 5.92 Å². The van der Waals surface area contributed by atoms with Crippen molar-refractivity contribution in [3.8, 4) is 0 Å². The zero-order chi connectivity index (χ0) is 17.8. The van der Waals surface area contributed by atoms with Crippen LogP contribution in [0.4, 0.5) is 5.82 Å². The Kier molecular flexibility index (Phi) is 5.44. The Morgan fingerprint density at radius 1 is 1.00 bits per heavy atom. The number of piperidine rings is 2. The first-order valence-electron chi connectivity index (χ1n) is 9.98. The second-order valence-electron chi connectivity index (χ2n) is 7.75. The fourth-order valence-corrected chi connectivity index (χ4v) is 4.55. The van der Waals surface area contributed by atoms with Crippen LogP contribution in [-0.2, 0) is 6.54 Å². The molecule has 5 heteroatoms. The van der Waals surface area contributed by atoms with Crippen LogP contribution in [0.25, 0.3) is 0 Å². The van der Waals surface area contributed by atoms with Gasteiger partial charge in [-0.2, -0.15) is 5.10 Å². The molecular weight excluding hydrogens is 322 g/mol. The average molecular weight is 351 g/mol. The van der Waals surface area contributed by atoms with Crippen LogP contribution in [0, 0.1) is 12.8 Å². The molecule has 0 saturated carbocycles. The lowest BCUT2D eigenvalue weighted by Crippen LogP contribution is -2.47. The topological polar surface area (TPSA) is 45.2 Å². The van der Waals surface area contributed by atoms with Crippen molar-refractivity contribution in [1.29, 1.82) is 0 Å². The molecule has 138 valence electrons. The van der Waals surface area contributed by atoms with E-state index in [0.717, 1.165) is 43.1 Å². The van der Waals surface area contributed by atoms with E-state index in [4.69, 9.17) is 0 Å². The van der Waals surface area contributed by atoms with E-state index < -0.39 is 0 Å². The summed E-state index contributed by atoms with van der Waals surface area (Å²) in [5.41, 5.74) is 2.32. The van der Waals surface area contributed by atoms with Crippen LogP contribution in [0.15, 0.2) is 36.7 Å². The molecule has 5 nitrogen and oxygen atoms in total. The summed E-state index contributed by atoms with van der Waals surface area (Å²) in [7, 11) is 0. The van der Waals surface area contributed by atoms with Crippen LogP contribution in [0.1, 0.15) is 43.4 Å². The zero-order valence-corrected chi connectivity index (χ0v) is 15.7. The molecule has 1 unspecified atom stereocenters. The van der Waals surface area contributed by atoms with Crippen LogP contribution < -0.4 is 4.90 Å². The number of rotatable bonds is 4. The minimum Gasteiger partial charge on any atom is -0.355 e. The summed E-state index contributed by atoms with van der Waals surface area (Å²) in [6, 6.07) is 9.14. The first-order valence-corrected chi connectivity index (χ1v) is 9.98. The van der Waals surface area contributed by atoms with Gasteiger partial charge in [0.05, 0.1) is 5.69 Å². The predicted molar refractivity (Wildman–Crippen MR) is 104 cm³/mol. The van der Waals surface area contributed by atoms with Gasteiger partial charge in [-0.15, -0.1) is 5.10 Å².